The van der Waals surface area contributed by atoms with E-state index >= 15 is 0 Å². The summed E-state index contributed by atoms with van der Waals surface area (Å²) in [6.07, 6.45) is 1.71. The van der Waals surface area contributed by atoms with Crippen LogP contribution < -0.4 is 5.32 Å². The molecule has 0 saturated carbocycles. The van der Waals surface area contributed by atoms with E-state index in [-0.39, 0.29) is 19.1 Å². The monoisotopic (exact) mass is 379 g/mol. The van der Waals surface area contributed by atoms with Crippen LogP contribution in [0.3, 0.4) is 0 Å². The lowest BCUT2D eigenvalue weighted by molar-refractivity contribution is 0.0832. The molecule has 0 aliphatic rings. The summed E-state index contributed by atoms with van der Waals surface area (Å²) in [6.45, 7) is 1.73. The molecule has 1 unspecified atom stereocenters. The average molecular weight is 379 g/mol. The van der Waals surface area contributed by atoms with Gasteiger partial charge in [0.1, 0.15) is 12.4 Å². The fourth-order valence-corrected chi connectivity index (χ4v) is 3.27. The van der Waals surface area contributed by atoms with Crippen LogP contribution in [0.5, 0.6) is 0 Å². The molecule has 2 aromatic carbocycles. The molecule has 0 aliphatic heterocycles. The number of hydrogen-bond acceptors (Lipinski definition) is 5. The maximum absolute atomic E-state index is 12.8. The lowest BCUT2D eigenvalue weighted by Crippen LogP contribution is -2.51. The van der Waals surface area contributed by atoms with Gasteiger partial charge in [-0.15, -0.1) is 0 Å². The number of carbonyl (C=O) groups is 1. The molecule has 2 aromatic heterocycles. The third-order valence-electron chi connectivity index (χ3n) is 4.75. The maximum Gasteiger partial charge on any atom is 0.251 e. The minimum atomic E-state index is -0.875. The summed E-state index contributed by atoms with van der Waals surface area (Å²) < 4.78 is 1.91. The third-order valence-corrected chi connectivity index (χ3v) is 4.75. The zero-order chi connectivity index (χ0) is 19.7. The Morgan fingerprint density at radius 3 is 2.82 bits per heavy atom. The Labute approximate surface area is 160 Å². The predicted molar refractivity (Wildman–Crippen MR) is 105 cm³/mol. The lowest BCUT2D eigenvalue weighted by atomic mass is 10.0. The molecule has 1 amide bonds. The van der Waals surface area contributed by atoms with Crippen LogP contribution in [-0.4, -0.2) is 47.8 Å². The first kappa shape index (κ1) is 18.1. The van der Waals surface area contributed by atoms with Gasteiger partial charge in [0.05, 0.1) is 40.5 Å². The van der Waals surface area contributed by atoms with Crippen molar-refractivity contribution in [2.24, 2.45) is 0 Å². The Morgan fingerprint density at radius 2 is 2.04 bits per heavy atom. The number of para-hydroxylation sites is 2. The summed E-state index contributed by atoms with van der Waals surface area (Å²) in [5.74, 6) is 0.141. The molecule has 2 heterocycles. The van der Waals surface area contributed by atoms with Crippen LogP contribution in [-0.2, 0) is 13.2 Å². The summed E-state index contributed by atoms with van der Waals surface area (Å²) in [4.78, 5) is 24.3. The van der Waals surface area contributed by atoms with E-state index < -0.39 is 5.54 Å². The number of aromatic nitrogens is 4. The van der Waals surface area contributed by atoms with Gasteiger partial charge >= 0.3 is 0 Å². The van der Waals surface area contributed by atoms with E-state index in [1.54, 1.807) is 31.5 Å². The first-order valence-corrected chi connectivity index (χ1v) is 8.94. The van der Waals surface area contributed by atoms with Crippen molar-refractivity contribution < 1.29 is 15.0 Å². The number of imidazole rings is 2. The topological polar surface area (TPSA) is 116 Å². The van der Waals surface area contributed by atoms with Gasteiger partial charge in [0.2, 0.25) is 0 Å². The largest absolute Gasteiger partial charge is 0.394 e. The molecule has 8 nitrogen and oxygen atoms in total. The normalized spacial score (nSPS) is 13.7. The van der Waals surface area contributed by atoms with Crippen LogP contribution in [0.2, 0.25) is 0 Å². The number of aliphatic hydroxyl groups excluding tert-OH is 2. The van der Waals surface area contributed by atoms with Crippen molar-refractivity contribution in [1.82, 2.24) is 24.8 Å². The summed E-state index contributed by atoms with van der Waals surface area (Å²) >= 11 is 0. The zero-order valence-electron chi connectivity index (χ0n) is 15.4. The minimum Gasteiger partial charge on any atom is -0.394 e. The van der Waals surface area contributed by atoms with Crippen molar-refractivity contribution in [3.63, 3.8) is 0 Å². The van der Waals surface area contributed by atoms with E-state index in [0.717, 1.165) is 11.0 Å². The van der Waals surface area contributed by atoms with Crippen molar-refractivity contribution in [2.45, 2.75) is 25.6 Å². The Hall–Kier alpha value is -3.23. The number of nitrogens with zero attached hydrogens (tertiary/aromatic N) is 3. The molecule has 4 rings (SSSR count). The van der Waals surface area contributed by atoms with E-state index in [0.29, 0.717) is 29.0 Å². The highest BCUT2D eigenvalue weighted by molar-refractivity contribution is 5.97. The van der Waals surface area contributed by atoms with Crippen molar-refractivity contribution >= 4 is 28.0 Å². The third kappa shape index (κ3) is 3.35. The number of nitrogens with one attached hydrogen (secondary N) is 2. The zero-order valence-corrected chi connectivity index (χ0v) is 15.4. The number of rotatable bonds is 6. The van der Waals surface area contributed by atoms with Gasteiger partial charge in [-0.1, -0.05) is 12.1 Å². The molecular weight excluding hydrogens is 358 g/mol. The van der Waals surface area contributed by atoms with Crippen LogP contribution in [0.4, 0.5) is 0 Å². The minimum absolute atomic E-state index is 0.197. The summed E-state index contributed by atoms with van der Waals surface area (Å²) in [7, 11) is 0. The highest BCUT2D eigenvalue weighted by Gasteiger charge is 2.27. The van der Waals surface area contributed by atoms with E-state index in [9.17, 15) is 15.0 Å². The van der Waals surface area contributed by atoms with Gasteiger partial charge in [0, 0.05) is 12.1 Å². The summed E-state index contributed by atoms with van der Waals surface area (Å²) in [6, 6.07) is 12.8. The average Bonchev–Trinajstić information content (AvgIpc) is 3.31. The number of aromatic amines is 1. The fourth-order valence-electron chi connectivity index (χ4n) is 3.27. The number of hydrogen-bond donors (Lipinski definition) is 4. The van der Waals surface area contributed by atoms with E-state index in [4.69, 9.17) is 0 Å². The quantitative estimate of drug-likeness (QED) is 0.406. The van der Waals surface area contributed by atoms with Crippen molar-refractivity contribution in [3.8, 4) is 0 Å². The second kappa shape index (κ2) is 7.06. The molecule has 8 heteroatoms. The molecule has 1 atom stereocenters. The lowest BCUT2D eigenvalue weighted by Gasteiger charge is -2.29. The van der Waals surface area contributed by atoms with Gasteiger partial charge in [-0.25, -0.2) is 9.97 Å². The van der Waals surface area contributed by atoms with Gasteiger partial charge in [-0.2, -0.15) is 0 Å². The molecular formula is C20H21N5O3. The number of H-pyrrole nitrogens is 1. The molecule has 4 N–H and O–H groups in total. The van der Waals surface area contributed by atoms with Gasteiger partial charge in [-0.3, -0.25) is 4.79 Å². The van der Waals surface area contributed by atoms with Gasteiger partial charge in [-0.05, 0) is 37.3 Å². The molecule has 4 aromatic rings. The first-order chi connectivity index (χ1) is 13.5. The molecule has 0 saturated heterocycles. The molecule has 0 fully saturated rings. The van der Waals surface area contributed by atoms with Crippen LogP contribution in [0.15, 0.2) is 48.8 Å². The standard InChI is InChI=1S/C20H21N5O3/c1-20(11-27,10-25-12-21-15-4-2-3-5-17(15)25)24-19(28)13-6-7-14-16(8-13)23-18(9-26)22-14/h2-8,12,26-27H,9-11H2,1H3,(H,22,23)(H,24,28). The van der Waals surface area contributed by atoms with E-state index in [1.807, 2.05) is 28.8 Å². The molecule has 0 aliphatic carbocycles. The number of fused-ring (bicyclic) bond motifs is 2. The highest BCUT2D eigenvalue weighted by atomic mass is 16.3. The van der Waals surface area contributed by atoms with Crippen molar-refractivity contribution in [1.29, 1.82) is 0 Å². The number of carbonyl (C=O) groups excluding carboxylic acids is 1. The first-order valence-electron chi connectivity index (χ1n) is 8.94. The summed E-state index contributed by atoms with van der Waals surface area (Å²) in [5, 5.41) is 22.1. The number of amides is 1. The van der Waals surface area contributed by atoms with Crippen LogP contribution in [0.25, 0.3) is 22.1 Å². The van der Waals surface area contributed by atoms with Gasteiger partial charge in [0.15, 0.2) is 0 Å². The van der Waals surface area contributed by atoms with Crippen LogP contribution in [0.1, 0.15) is 23.1 Å². The second-order valence-corrected chi connectivity index (χ2v) is 7.11. The Bertz CT molecular complexity index is 1150. The van der Waals surface area contributed by atoms with Crippen molar-refractivity contribution in [3.05, 3.63) is 60.2 Å². The van der Waals surface area contributed by atoms with E-state index in [2.05, 4.69) is 20.3 Å². The van der Waals surface area contributed by atoms with Gasteiger partial charge < -0.3 is 25.1 Å². The molecule has 0 bridgehead atoms. The van der Waals surface area contributed by atoms with Gasteiger partial charge in [0.25, 0.3) is 5.91 Å². The smallest absolute Gasteiger partial charge is 0.251 e. The fraction of sp³-hybridized carbons (Fsp3) is 0.250. The Balaban J connectivity index is 1.57. The number of benzene rings is 2. The SMILES string of the molecule is CC(CO)(Cn1cnc2ccccc21)NC(=O)c1ccc2nc(CO)[nH]c2c1. The Morgan fingerprint density at radius 1 is 1.21 bits per heavy atom. The van der Waals surface area contributed by atoms with Crippen LogP contribution in [0, 0.1) is 0 Å². The Kier molecular flexibility index (Phi) is 4.58. The molecule has 0 spiro atoms. The van der Waals surface area contributed by atoms with E-state index in [1.165, 1.54) is 0 Å². The molecule has 144 valence electrons. The molecule has 0 radical (unpaired) electrons. The number of aliphatic hydroxyl groups is 2. The maximum atomic E-state index is 12.8. The van der Waals surface area contributed by atoms with Crippen molar-refractivity contribution in [2.75, 3.05) is 6.61 Å². The molecule has 28 heavy (non-hydrogen) atoms. The van der Waals surface area contributed by atoms with Crippen LogP contribution >= 0.6 is 0 Å². The second-order valence-electron chi connectivity index (χ2n) is 7.11. The highest BCUT2D eigenvalue weighted by Crippen LogP contribution is 2.18. The predicted octanol–water partition coefficient (Wildman–Crippen LogP) is 1.59. The summed E-state index contributed by atoms with van der Waals surface area (Å²) in [5.41, 5.74) is 2.71.